The summed E-state index contributed by atoms with van der Waals surface area (Å²) in [5.74, 6) is -0.696. The molecule has 0 aliphatic carbocycles. The van der Waals surface area contributed by atoms with Gasteiger partial charge in [0.15, 0.2) is 0 Å². The number of sulfonamides is 1. The Hall–Kier alpha value is -0.980. The summed E-state index contributed by atoms with van der Waals surface area (Å²) in [6.45, 7) is 2.19. The SMILES string of the molecule is Cc1ccc(S(=O)(=O)N2CCC[C@H]2CCCO)c(F)c1. The van der Waals surface area contributed by atoms with Crippen molar-refractivity contribution in [3.8, 4) is 0 Å². The van der Waals surface area contributed by atoms with E-state index < -0.39 is 15.8 Å². The number of benzene rings is 1. The van der Waals surface area contributed by atoms with Crippen LogP contribution in [0.1, 0.15) is 31.2 Å². The predicted octanol–water partition coefficient (Wildman–Crippen LogP) is 2.06. The maximum absolute atomic E-state index is 13.9. The highest BCUT2D eigenvalue weighted by atomic mass is 32.2. The molecule has 6 heteroatoms. The summed E-state index contributed by atoms with van der Waals surface area (Å²) < 4.78 is 40.4. The first-order valence-corrected chi connectivity index (χ1v) is 8.29. The van der Waals surface area contributed by atoms with Crippen molar-refractivity contribution in [2.75, 3.05) is 13.2 Å². The second-order valence-electron chi connectivity index (χ2n) is 5.21. The van der Waals surface area contributed by atoms with E-state index in [2.05, 4.69) is 0 Å². The Bertz CT molecular complexity index is 574. The largest absolute Gasteiger partial charge is 0.396 e. The molecule has 20 heavy (non-hydrogen) atoms. The van der Waals surface area contributed by atoms with Gasteiger partial charge in [0.1, 0.15) is 10.7 Å². The average Bonchev–Trinajstić information content (AvgIpc) is 2.84. The van der Waals surface area contributed by atoms with Gasteiger partial charge in [0.05, 0.1) is 0 Å². The minimum atomic E-state index is -3.79. The van der Waals surface area contributed by atoms with E-state index >= 15 is 0 Å². The van der Waals surface area contributed by atoms with Crippen LogP contribution in [-0.4, -0.2) is 37.0 Å². The summed E-state index contributed by atoms with van der Waals surface area (Å²) in [6, 6.07) is 4.05. The highest BCUT2D eigenvalue weighted by molar-refractivity contribution is 7.89. The third kappa shape index (κ3) is 3.02. The third-order valence-electron chi connectivity index (χ3n) is 3.69. The minimum absolute atomic E-state index is 0.0449. The number of halogens is 1. The Balaban J connectivity index is 2.29. The topological polar surface area (TPSA) is 57.6 Å². The van der Waals surface area contributed by atoms with Crippen LogP contribution in [0.4, 0.5) is 4.39 Å². The molecule has 0 saturated carbocycles. The van der Waals surface area contributed by atoms with Crippen LogP contribution < -0.4 is 0 Å². The van der Waals surface area contributed by atoms with Crippen LogP contribution in [0.2, 0.25) is 0 Å². The smallest absolute Gasteiger partial charge is 0.246 e. The Morgan fingerprint density at radius 2 is 2.20 bits per heavy atom. The number of hydrogen-bond acceptors (Lipinski definition) is 3. The van der Waals surface area contributed by atoms with E-state index in [9.17, 15) is 12.8 Å². The van der Waals surface area contributed by atoms with Crippen molar-refractivity contribution in [3.05, 3.63) is 29.6 Å². The van der Waals surface area contributed by atoms with Crippen LogP contribution in [0.25, 0.3) is 0 Å². The van der Waals surface area contributed by atoms with Crippen LogP contribution in [0.3, 0.4) is 0 Å². The molecule has 1 aliphatic rings. The molecule has 1 heterocycles. The summed E-state index contributed by atoms with van der Waals surface area (Å²) in [4.78, 5) is -0.251. The molecule has 0 bridgehead atoms. The van der Waals surface area contributed by atoms with Gasteiger partial charge in [-0.25, -0.2) is 12.8 Å². The van der Waals surface area contributed by atoms with E-state index in [0.717, 1.165) is 12.8 Å². The maximum atomic E-state index is 13.9. The standard InChI is InChI=1S/C14H20FNO3S/c1-11-6-7-14(13(15)10-11)20(18,19)16-8-2-4-12(16)5-3-9-17/h6-7,10,12,17H,2-5,8-9H2,1H3/t12-/m0/s1. The molecule has 1 N–H and O–H groups in total. The molecule has 1 saturated heterocycles. The lowest BCUT2D eigenvalue weighted by atomic mass is 10.1. The van der Waals surface area contributed by atoms with Gasteiger partial charge < -0.3 is 5.11 Å². The first-order chi connectivity index (χ1) is 9.46. The molecule has 1 aliphatic heterocycles. The fourth-order valence-electron chi connectivity index (χ4n) is 2.68. The van der Waals surface area contributed by atoms with Gasteiger partial charge in [0, 0.05) is 19.2 Å². The third-order valence-corrected chi connectivity index (χ3v) is 5.68. The zero-order valence-corrected chi connectivity index (χ0v) is 12.4. The lowest BCUT2D eigenvalue weighted by Crippen LogP contribution is -2.36. The molecule has 112 valence electrons. The van der Waals surface area contributed by atoms with Crippen LogP contribution in [0, 0.1) is 12.7 Å². The molecule has 1 aromatic carbocycles. The van der Waals surface area contributed by atoms with Gasteiger partial charge in [-0.1, -0.05) is 6.07 Å². The van der Waals surface area contributed by atoms with Crippen LogP contribution in [0.15, 0.2) is 23.1 Å². The normalized spacial score (nSPS) is 20.4. The summed E-state index contributed by atoms with van der Waals surface area (Å²) in [7, 11) is -3.79. The van der Waals surface area contributed by atoms with Crippen molar-refractivity contribution in [1.29, 1.82) is 0 Å². The van der Waals surface area contributed by atoms with Crippen LogP contribution >= 0.6 is 0 Å². The molecule has 4 nitrogen and oxygen atoms in total. The van der Waals surface area contributed by atoms with Gasteiger partial charge in [0.2, 0.25) is 10.0 Å². The van der Waals surface area contributed by atoms with Gasteiger partial charge in [-0.15, -0.1) is 0 Å². The monoisotopic (exact) mass is 301 g/mol. The quantitative estimate of drug-likeness (QED) is 0.905. The summed E-state index contributed by atoms with van der Waals surface area (Å²) >= 11 is 0. The molecular weight excluding hydrogens is 281 g/mol. The zero-order chi connectivity index (χ0) is 14.8. The lowest BCUT2D eigenvalue weighted by molar-refractivity contribution is 0.264. The molecule has 1 fully saturated rings. The second-order valence-corrected chi connectivity index (χ2v) is 7.07. The number of rotatable bonds is 5. The van der Waals surface area contributed by atoms with Crippen LogP contribution in [-0.2, 0) is 10.0 Å². The molecule has 0 unspecified atom stereocenters. The van der Waals surface area contributed by atoms with Crippen molar-refractivity contribution < 1.29 is 17.9 Å². The molecule has 2 rings (SSSR count). The highest BCUT2D eigenvalue weighted by Gasteiger charge is 2.36. The first kappa shape index (κ1) is 15.4. The van der Waals surface area contributed by atoms with Crippen LogP contribution in [0.5, 0.6) is 0 Å². The molecule has 1 aromatic rings. The molecule has 0 spiro atoms. The molecule has 0 amide bonds. The predicted molar refractivity (Wildman–Crippen MR) is 74.4 cm³/mol. The lowest BCUT2D eigenvalue weighted by Gasteiger charge is -2.24. The molecule has 1 atom stereocenters. The Kier molecular flexibility index (Phi) is 4.78. The summed E-state index contributed by atoms with van der Waals surface area (Å²) in [5, 5.41) is 8.88. The van der Waals surface area contributed by atoms with E-state index in [0.29, 0.717) is 24.9 Å². The van der Waals surface area contributed by atoms with E-state index in [1.165, 1.54) is 16.4 Å². The van der Waals surface area contributed by atoms with Crippen molar-refractivity contribution in [2.24, 2.45) is 0 Å². The Labute approximate surface area is 119 Å². The number of aryl methyl sites for hydroxylation is 1. The van der Waals surface area contributed by atoms with E-state index in [1.807, 2.05) is 0 Å². The molecular formula is C14H20FNO3S. The van der Waals surface area contributed by atoms with Gasteiger partial charge in [-0.2, -0.15) is 4.31 Å². The number of nitrogens with zero attached hydrogens (tertiary/aromatic N) is 1. The molecule has 0 radical (unpaired) electrons. The Morgan fingerprint density at radius 3 is 2.85 bits per heavy atom. The van der Waals surface area contributed by atoms with Crippen molar-refractivity contribution in [2.45, 2.75) is 43.5 Å². The van der Waals surface area contributed by atoms with E-state index in [4.69, 9.17) is 5.11 Å². The van der Waals surface area contributed by atoms with E-state index in [1.54, 1.807) is 13.0 Å². The minimum Gasteiger partial charge on any atom is -0.396 e. The Morgan fingerprint density at radius 1 is 1.45 bits per heavy atom. The number of hydrogen-bond donors (Lipinski definition) is 1. The second kappa shape index (κ2) is 6.20. The van der Waals surface area contributed by atoms with Gasteiger partial charge in [-0.05, 0) is 50.3 Å². The summed E-state index contributed by atoms with van der Waals surface area (Å²) in [6.07, 6.45) is 2.73. The van der Waals surface area contributed by atoms with Gasteiger partial charge in [-0.3, -0.25) is 0 Å². The summed E-state index contributed by atoms with van der Waals surface area (Å²) in [5.41, 5.74) is 0.694. The zero-order valence-electron chi connectivity index (χ0n) is 11.5. The fourth-order valence-corrected chi connectivity index (χ4v) is 4.45. The number of aliphatic hydroxyl groups excluding tert-OH is 1. The fraction of sp³-hybridized carbons (Fsp3) is 0.571. The van der Waals surface area contributed by atoms with Crippen molar-refractivity contribution in [1.82, 2.24) is 4.31 Å². The first-order valence-electron chi connectivity index (χ1n) is 6.85. The average molecular weight is 301 g/mol. The van der Waals surface area contributed by atoms with Gasteiger partial charge in [0.25, 0.3) is 0 Å². The van der Waals surface area contributed by atoms with Crippen molar-refractivity contribution >= 4 is 10.0 Å². The molecule has 0 aromatic heterocycles. The number of aliphatic hydroxyl groups is 1. The van der Waals surface area contributed by atoms with E-state index in [-0.39, 0.29) is 17.5 Å². The highest BCUT2D eigenvalue weighted by Crippen LogP contribution is 2.29. The van der Waals surface area contributed by atoms with Gasteiger partial charge >= 0.3 is 0 Å². The van der Waals surface area contributed by atoms with Crippen molar-refractivity contribution in [3.63, 3.8) is 0 Å². The maximum Gasteiger partial charge on any atom is 0.246 e.